The summed E-state index contributed by atoms with van der Waals surface area (Å²) in [6, 6.07) is 11.6. The van der Waals surface area contributed by atoms with Crippen LogP contribution < -0.4 is 0 Å². The summed E-state index contributed by atoms with van der Waals surface area (Å²) >= 11 is 0. The van der Waals surface area contributed by atoms with Gasteiger partial charge in [0.2, 0.25) is 5.60 Å². The zero-order valence-corrected chi connectivity index (χ0v) is 15.5. The number of halogens is 3. The number of furan rings is 1. The summed E-state index contributed by atoms with van der Waals surface area (Å²) in [7, 11) is 0. The number of alkyl halides is 3. The van der Waals surface area contributed by atoms with Crippen molar-refractivity contribution in [2.75, 3.05) is 0 Å². The van der Waals surface area contributed by atoms with Crippen molar-refractivity contribution in [2.24, 2.45) is 0 Å². The highest BCUT2D eigenvalue weighted by Crippen LogP contribution is 2.42. The monoisotopic (exact) mass is 403 g/mol. The van der Waals surface area contributed by atoms with Crippen LogP contribution in [0.5, 0.6) is 0 Å². The minimum Gasteiger partial charge on any atom is -0.463 e. The van der Waals surface area contributed by atoms with Crippen molar-refractivity contribution in [3.05, 3.63) is 65.4 Å². The Morgan fingerprint density at radius 1 is 1.03 bits per heavy atom. The van der Waals surface area contributed by atoms with Gasteiger partial charge in [0.1, 0.15) is 17.2 Å². The summed E-state index contributed by atoms with van der Waals surface area (Å²) in [6.45, 7) is 3.37. The van der Waals surface area contributed by atoms with E-state index in [2.05, 4.69) is 15.1 Å². The quantitative estimate of drug-likeness (QED) is 0.541. The molecule has 0 amide bonds. The predicted octanol–water partition coefficient (Wildman–Crippen LogP) is 4.49. The first-order chi connectivity index (χ1) is 13.7. The molecule has 4 aromatic rings. The van der Waals surface area contributed by atoms with E-state index in [4.69, 9.17) is 8.94 Å². The average Bonchev–Trinajstić information content (AvgIpc) is 3.30. The summed E-state index contributed by atoms with van der Waals surface area (Å²) < 4.78 is 51.1. The first kappa shape index (κ1) is 19.1. The lowest BCUT2D eigenvalue weighted by Crippen LogP contribution is -2.44. The molecule has 1 atom stereocenters. The van der Waals surface area contributed by atoms with E-state index in [1.165, 1.54) is 13.0 Å². The molecule has 0 radical (unpaired) electrons. The van der Waals surface area contributed by atoms with Crippen molar-refractivity contribution in [2.45, 2.75) is 32.0 Å². The molecule has 0 saturated heterocycles. The molecule has 1 aromatic carbocycles. The van der Waals surface area contributed by atoms with E-state index in [1.54, 1.807) is 6.07 Å². The number of hydrogen-bond donors (Lipinski definition) is 1. The molecule has 4 rings (SSSR count). The van der Waals surface area contributed by atoms with E-state index in [0.29, 0.717) is 11.2 Å². The Kier molecular flexibility index (Phi) is 4.42. The summed E-state index contributed by atoms with van der Waals surface area (Å²) in [5.74, 6) is -0.740. The number of rotatable bonds is 4. The maximum Gasteiger partial charge on any atom is 0.425 e. The maximum absolute atomic E-state index is 13.6. The molecule has 3 heterocycles. The molecule has 3 aromatic heterocycles. The van der Waals surface area contributed by atoms with Crippen LogP contribution in [0.3, 0.4) is 0 Å². The number of hydrogen-bond acceptors (Lipinski definition) is 6. The molecular formula is C20H16F3N3O3. The van der Waals surface area contributed by atoms with Gasteiger partial charge >= 0.3 is 6.18 Å². The Balaban J connectivity index is 1.70. The molecule has 1 N–H and O–H groups in total. The van der Waals surface area contributed by atoms with Gasteiger partial charge in [-0.15, -0.1) is 0 Å². The highest BCUT2D eigenvalue weighted by molar-refractivity contribution is 5.84. The van der Waals surface area contributed by atoms with Crippen LogP contribution in [-0.4, -0.2) is 26.4 Å². The minimum atomic E-state index is -5.00. The smallest absolute Gasteiger partial charge is 0.425 e. The maximum atomic E-state index is 13.6. The molecule has 0 spiro atoms. The van der Waals surface area contributed by atoms with Crippen molar-refractivity contribution < 1.29 is 27.2 Å². The SMILES string of the molecule is Cc1ccc(C(O)(Cc2noc(-c3cc(C)c4ccccc4n3)n2)C(F)(F)F)o1. The zero-order chi connectivity index (χ0) is 20.8. The van der Waals surface area contributed by atoms with Gasteiger partial charge in [0.05, 0.1) is 11.9 Å². The van der Waals surface area contributed by atoms with Crippen molar-refractivity contribution in [3.63, 3.8) is 0 Å². The van der Waals surface area contributed by atoms with Crippen LogP contribution in [0.2, 0.25) is 0 Å². The van der Waals surface area contributed by atoms with E-state index < -0.39 is 24.0 Å². The molecule has 29 heavy (non-hydrogen) atoms. The number of aryl methyl sites for hydroxylation is 2. The largest absolute Gasteiger partial charge is 0.463 e. The van der Waals surface area contributed by atoms with Gasteiger partial charge in [-0.2, -0.15) is 18.2 Å². The van der Waals surface area contributed by atoms with E-state index in [9.17, 15) is 18.3 Å². The van der Waals surface area contributed by atoms with Crippen LogP contribution in [-0.2, 0) is 12.0 Å². The Labute approximate surface area is 163 Å². The third-order valence-electron chi connectivity index (χ3n) is 4.64. The van der Waals surface area contributed by atoms with E-state index in [0.717, 1.165) is 17.0 Å². The van der Waals surface area contributed by atoms with Gasteiger partial charge in [-0.1, -0.05) is 23.4 Å². The van der Waals surface area contributed by atoms with Crippen LogP contribution in [0.1, 0.15) is 22.9 Å². The van der Waals surface area contributed by atoms with Gasteiger partial charge in [-0.3, -0.25) is 0 Å². The molecule has 150 valence electrons. The Morgan fingerprint density at radius 2 is 1.79 bits per heavy atom. The Hall–Kier alpha value is -3.20. The van der Waals surface area contributed by atoms with Gasteiger partial charge in [-0.05, 0) is 43.7 Å². The summed E-state index contributed by atoms with van der Waals surface area (Å²) in [6.07, 6.45) is -5.96. The molecule has 0 fully saturated rings. The molecule has 0 bridgehead atoms. The van der Waals surface area contributed by atoms with Crippen molar-refractivity contribution in [3.8, 4) is 11.6 Å². The van der Waals surface area contributed by atoms with E-state index in [-0.39, 0.29) is 17.5 Å². The zero-order valence-electron chi connectivity index (χ0n) is 15.5. The van der Waals surface area contributed by atoms with Crippen LogP contribution in [0.15, 0.2) is 51.4 Å². The van der Waals surface area contributed by atoms with Gasteiger partial charge in [0, 0.05) is 5.39 Å². The molecule has 6 nitrogen and oxygen atoms in total. The molecule has 9 heteroatoms. The van der Waals surface area contributed by atoms with Crippen LogP contribution in [0.25, 0.3) is 22.5 Å². The van der Waals surface area contributed by atoms with Crippen LogP contribution in [0, 0.1) is 13.8 Å². The van der Waals surface area contributed by atoms with Crippen molar-refractivity contribution in [1.82, 2.24) is 15.1 Å². The lowest BCUT2D eigenvalue weighted by Gasteiger charge is -2.27. The number of para-hydroxylation sites is 1. The van der Waals surface area contributed by atoms with Crippen LogP contribution in [0.4, 0.5) is 13.2 Å². The summed E-state index contributed by atoms with van der Waals surface area (Å²) in [4.78, 5) is 8.44. The van der Waals surface area contributed by atoms with Crippen molar-refractivity contribution in [1.29, 1.82) is 0 Å². The number of fused-ring (bicyclic) bond motifs is 1. The number of pyridine rings is 1. The number of aliphatic hydroxyl groups is 1. The lowest BCUT2D eigenvalue weighted by molar-refractivity contribution is -0.273. The molecule has 0 saturated carbocycles. The fraction of sp³-hybridized carbons (Fsp3) is 0.250. The van der Waals surface area contributed by atoms with Crippen LogP contribution >= 0.6 is 0 Å². The highest BCUT2D eigenvalue weighted by atomic mass is 19.4. The Morgan fingerprint density at radius 3 is 2.48 bits per heavy atom. The molecule has 0 aliphatic rings. The standard InChI is InChI=1S/C20H16F3N3O3/c1-11-9-15(24-14-6-4-3-5-13(11)14)18-25-17(26-29-18)10-19(27,20(21,22)23)16-8-7-12(2)28-16/h3-9,27H,10H2,1-2H3. The fourth-order valence-electron chi connectivity index (χ4n) is 3.10. The second-order valence-corrected chi connectivity index (χ2v) is 6.80. The highest BCUT2D eigenvalue weighted by Gasteiger charge is 2.58. The van der Waals surface area contributed by atoms with Crippen molar-refractivity contribution >= 4 is 10.9 Å². The normalized spacial score (nSPS) is 14.3. The average molecular weight is 403 g/mol. The van der Waals surface area contributed by atoms with Gasteiger partial charge < -0.3 is 14.0 Å². The molecule has 1 unspecified atom stereocenters. The third-order valence-corrected chi connectivity index (χ3v) is 4.64. The molecule has 0 aliphatic heterocycles. The minimum absolute atomic E-state index is 0.0333. The first-order valence-electron chi connectivity index (χ1n) is 8.73. The van der Waals surface area contributed by atoms with E-state index in [1.807, 2.05) is 31.2 Å². The lowest BCUT2D eigenvalue weighted by atomic mass is 9.95. The van der Waals surface area contributed by atoms with Gasteiger partial charge in [0.25, 0.3) is 5.89 Å². The molecule has 0 aliphatic carbocycles. The van der Waals surface area contributed by atoms with E-state index >= 15 is 0 Å². The van der Waals surface area contributed by atoms with Gasteiger partial charge in [-0.25, -0.2) is 4.98 Å². The third kappa shape index (κ3) is 3.38. The summed E-state index contributed by atoms with van der Waals surface area (Å²) in [5.41, 5.74) is -1.34. The Bertz CT molecular complexity index is 1180. The fourth-order valence-corrected chi connectivity index (χ4v) is 3.10. The molecular weight excluding hydrogens is 387 g/mol. The summed E-state index contributed by atoms with van der Waals surface area (Å²) in [5, 5.41) is 14.9. The predicted molar refractivity (Wildman–Crippen MR) is 96.9 cm³/mol. The van der Waals surface area contributed by atoms with Gasteiger partial charge in [0.15, 0.2) is 5.82 Å². The number of benzene rings is 1. The number of aromatic nitrogens is 3. The second kappa shape index (κ2) is 6.70. The number of nitrogens with zero attached hydrogens (tertiary/aromatic N) is 3. The topological polar surface area (TPSA) is 85.2 Å². The second-order valence-electron chi connectivity index (χ2n) is 6.80. The first-order valence-corrected chi connectivity index (χ1v) is 8.73.